The lowest BCUT2D eigenvalue weighted by Gasteiger charge is -2.01. The van der Waals surface area contributed by atoms with Gasteiger partial charge in [-0.25, -0.2) is 9.59 Å². The summed E-state index contributed by atoms with van der Waals surface area (Å²) >= 11 is 0. The van der Waals surface area contributed by atoms with Gasteiger partial charge in [-0.2, -0.15) is 0 Å². The van der Waals surface area contributed by atoms with E-state index in [9.17, 15) is 9.59 Å². The van der Waals surface area contributed by atoms with Crippen molar-refractivity contribution in [2.24, 2.45) is 11.5 Å². The molecule has 112 valence electrons. The van der Waals surface area contributed by atoms with Crippen LogP contribution in [-0.4, -0.2) is 33.1 Å². The molecule has 0 aromatic heterocycles. The quantitative estimate of drug-likeness (QED) is 0.619. The van der Waals surface area contributed by atoms with E-state index in [1.165, 1.54) is 21.2 Å². The zero-order valence-corrected chi connectivity index (χ0v) is 12.0. The number of hydrogen-bond acceptors (Lipinski definition) is 6. The predicted molar refractivity (Wildman–Crippen MR) is 77.6 cm³/mol. The highest BCUT2D eigenvalue weighted by Crippen LogP contribution is 2.00. The third-order valence-electron chi connectivity index (χ3n) is 1.78. The molecule has 1 aromatic carbocycles. The Morgan fingerprint density at radius 3 is 2.00 bits per heavy atom. The van der Waals surface area contributed by atoms with E-state index in [2.05, 4.69) is 16.2 Å². The maximum absolute atomic E-state index is 11.1. The Labute approximate surface area is 119 Å². The molecular formula is C14H22N2O4. The SMILES string of the molecule is CN.CN.COC(=O)/C=C\C(=O)OCc1ccccc1. The molecule has 20 heavy (non-hydrogen) atoms. The van der Waals surface area contributed by atoms with Crippen LogP contribution < -0.4 is 11.5 Å². The first-order valence-corrected chi connectivity index (χ1v) is 5.84. The van der Waals surface area contributed by atoms with Crippen molar-refractivity contribution in [1.29, 1.82) is 0 Å². The van der Waals surface area contributed by atoms with Crippen molar-refractivity contribution in [3.05, 3.63) is 48.0 Å². The van der Waals surface area contributed by atoms with Crippen molar-refractivity contribution in [3.8, 4) is 0 Å². The lowest BCUT2D eigenvalue weighted by Crippen LogP contribution is -2.02. The molecule has 0 bridgehead atoms. The molecule has 4 N–H and O–H groups in total. The standard InChI is InChI=1S/C12H12O4.2CH5N/c1-15-11(13)7-8-12(14)16-9-10-5-3-2-4-6-10;2*1-2/h2-8H,9H2,1H3;2*2H2,1H3/b8-7-;;. The summed E-state index contributed by atoms with van der Waals surface area (Å²) in [6.45, 7) is 0.186. The number of carbonyl (C=O) groups excluding carboxylic acids is 2. The summed E-state index contributed by atoms with van der Waals surface area (Å²) < 4.78 is 9.22. The van der Waals surface area contributed by atoms with Gasteiger partial charge in [0.25, 0.3) is 0 Å². The van der Waals surface area contributed by atoms with Crippen LogP contribution in [0, 0.1) is 0 Å². The average molecular weight is 282 g/mol. The Balaban J connectivity index is 0. The molecule has 1 rings (SSSR count). The van der Waals surface area contributed by atoms with Gasteiger partial charge in [0.2, 0.25) is 0 Å². The molecule has 0 fully saturated rings. The largest absolute Gasteiger partial charge is 0.466 e. The molecule has 0 amide bonds. The van der Waals surface area contributed by atoms with E-state index < -0.39 is 11.9 Å². The zero-order chi connectivity index (χ0) is 15.8. The second-order valence-corrected chi connectivity index (χ2v) is 2.95. The van der Waals surface area contributed by atoms with E-state index in [4.69, 9.17) is 4.74 Å². The fourth-order valence-electron chi connectivity index (χ4n) is 0.981. The predicted octanol–water partition coefficient (Wildman–Crippen LogP) is 0.609. The number of ether oxygens (including phenoxy) is 2. The van der Waals surface area contributed by atoms with Crippen LogP contribution in [0.1, 0.15) is 5.56 Å². The first kappa shape index (κ1) is 20.1. The second-order valence-electron chi connectivity index (χ2n) is 2.95. The summed E-state index contributed by atoms with van der Waals surface area (Å²) in [7, 11) is 4.24. The highest BCUT2D eigenvalue weighted by Gasteiger charge is 1.99. The first-order chi connectivity index (χ1) is 9.72. The minimum absolute atomic E-state index is 0.186. The summed E-state index contributed by atoms with van der Waals surface area (Å²) in [5.74, 6) is -1.16. The van der Waals surface area contributed by atoms with Crippen LogP contribution in [0.3, 0.4) is 0 Å². The van der Waals surface area contributed by atoms with Crippen molar-refractivity contribution in [3.63, 3.8) is 0 Å². The minimum atomic E-state index is -0.586. The van der Waals surface area contributed by atoms with Crippen LogP contribution >= 0.6 is 0 Å². The Bertz CT molecular complexity index is 391. The van der Waals surface area contributed by atoms with Gasteiger partial charge in [0.1, 0.15) is 6.61 Å². The fraction of sp³-hybridized carbons (Fsp3) is 0.286. The average Bonchev–Trinajstić information content (AvgIpc) is 2.55. The van der Waals surface area contributed by atoms with Crippen LogP contribution in [0.5, 0.6) is 0 Å². The second kappa shape index (κ2) is 14.9. The Hall–Kier alpha value is -2.18. The third-order valence-corrected chi connectivity index (χ3v) is 1.78. The van der Waals surface area contributed by atoms with E-state index in [0.29, 0.717) is 0 Å². The van der Waals surface area contributed by atoms with Gasteiger partial charge in [0.15, 0.2) is 0 Å². The Morgan fingerprint density at radius 2 is 1.50 bits per heavy atom. The number of methoxy groups -OCH3 is 1. The summed E-state index contributed by atoms with van der Waals surface area (Å²) in [4.78, 5) is 21.8. The molecule has 0 heterocycles. The molecule has 0 radical (unpaired) electrons. The summed E-state index contributed by atoms with van der Waals surface area (Å²) in [5, 5.41) is 0. The van der Waals surface area contributed by atoms with Crippen molar-refractivity contribution < 1.29 is 19.1 Å². The van der Waals surface area contributed by atoms with E-state index in [-0.39, 0.29) is 6.61 Å². The summed E-state index contributed by atoms with van der Waals surface area (Å²) in [6, 6.07) is 9.28. The first-order valence-electron chi connectivity index (χ1n) is 5.84. The third kappa shape index (κ3) is 10.9. The van der Waals surface area contributed by atoms with Gasteiger partial charge in [-0.3, -0.25) is 0 Å². The molecule has 0 unspecified atom stereocenters. The van der Waals surface area contributed by atoms with Gasteiger partial charge in [-0.05, 0) is 19.7 Å². The number of esters is 2. The van der Waals surface area contributed by atoms with Crippen LogP contribution in [0.25, 0.3) is 0 Å². The van der Waals surface area contributed by atoms with Gasteiger partial charge in [0, 0.05) is 12.2 Å². The molecule has 0 spiro atoms. The van der Waals surface area contributed by atoms with E-state index in [1.807, 2.05) is 30.3 Å². The normalized spacial score (nSPS) is 8.65. The van der Waals surface area contributed by atoms with Crippen LogP contribution in [-0.2, 0) is 25.7 Å². The molecule has 0 saturated heterocycles. The molecule has 0 saturated carbocycles. The van der Waals surface area contributed by atoms with Crippen molar-refractivity contribution in [2.75, 3.05) is 21.2 Å². The smallest absolute Gasteiger partial charge is 0.331 e. The number of carbonyl (C=O) groups is 2. The van der Waals surface area contributed by atoms with Crippen LogP contribution in [0.15, 0.2) is 42.5 Å². The maximum Gasteiger partial charge on any atom is 0.331 e. The van der Waals surface area contributed by atoms with Crippen LogP contribution in [0.4, 0.5) is 0 Å². The lowest BCUT2D eigenvalue weighted by atomic mass is 10.2. The number of benzene rings is 1. The van der Waals surface area contributed by atoms with E-state index >= 15 is 0 Å². The van der Waals surface area contributed by atoms with Gasteiger partial charge in [-0.15, -0.1) is 0 Å². The molecule has 0 atom stereocenters. The van der Waals surface area contributed by atoms with Crippen molar-refractivity contribution in [2.45, 2.75) is 6.61 Å². The Morgan fingerprint density at radius 1 is 1.00 bits per heavy atom. The highest BCUT2D eigenvalue weighted by molar-refractivity contribution is 5.91. The minimum Gasteiger partial charge on any atom is -0.466 e. The molecule has 0 aliphatic carbocycles. The maximum atomic E-state index is 11.1. The van der Waals surface area contributed by atoms with E-state index in [1.54, 1.807) is 0 Å². The van der Waals surface area contributed by atoms with E-state index in [0.717, 1.165) is 17.7 Å². The van der Waals surface area contributed by atoms with Gasteiger partial charge >= 0.3 is 11.9 Å². The molecular weight excluding hydrogens is 260 g/mol. The topological polar surface area (TPSA) is 105 Å². The highest BCUT2D eigenvalue weighted by atomic mass is 16.5. The number of rotatable bonds is 4. The van der Waals surface area contributed by atoms with Crippen LogP contribution in [0.2, 0.25) is 0 Å². The van der Waals surface area contributed by atoms with Gasteiger partial charge < -0.3 is 20.9 Å². The molecule has 1 aromatic rings. The Kier molecular flexibility index (Phi) is 15.0. The number of nitrogens with two attached hydrogens (primary N) is 2. The number of hydrogen-bond donors (Lipinski definition) is 2. The molecule has 6 nitrogen and oxygen atoms in total. The summed E-state index contributed by atoms with van der Waals surface area (Å²) in [5.41, 5.74) is 9.89. The fourth-order valence-corrected chi connectivity index (χ4v) is 0.981. The summed E-state index contributed by atoms with van der Waals surface area (Å²) in [6.07, 6.45) is 2.06. The molecule has 6 heteroatoms. The molecule has 0 aliphatic heterocycles. The molecule has 0 aliphatic rings. The lowest BCUT2D eigenvalue weighted by molar-refractivity contribution is -0.140. The van der Waals surface area contributed by atoms with Gasteiger partial charge in [-0.1, -0.05) is 30.3 Å². The monoisotopic (exact) mass is 282 g/mol. The van der Waals surface area contributed by atoms with Gasteiger partial charge in [0.05, 0.1) is 7.11 Å². The zero-order valence-electron chi connectivity index (χ0n) is 12.0. The van der Waals surface area contributed by atoms with Crippen molar-refractivity contribution in [1.82, 2.24) is 0 Å². The van der Waals surface area contributed by atoms with Crippen molar-refractivity contribution >= 4 is 11.9 Å².